The van der Waals surface area contributed by atoms with E-state index in [4.69, 9.17) is 43.8 Å². The molecule has 3 rings (SSSR count). The number of alkyl halides is 1. The van der Waals surface area contributed by atoms with Crippen molar-refractivity contribution in [2.45, 2.75) is 0 Å². The van der Waals surface area contributed by atoms with E-state index >= 15 is 0 Å². The number of nitrogens with one attached hydrogen (secondary N) is 1. The number of anilines is 2. The number of halogens is 2. The molecule has 30 heavy (non-hydrogen) atoms. The van der Waals surface area contributed by atoms with Crippen LogP contribution >= 0.6 is 23.2 Å². The lowest BCUT2D eigenvalue weighted by Crippen LogP contribution is -2.07. The molecule has 3 aromatic rings. The SMILES string of the molecule is C#Cc1cccc(Nc2nc(Cl)nc3cc(OCCCl)c(OCCOC)cc23)c1.O. The second kappa shape index (κ2) is 11.4. The summed E-state index contributed by atoms with van der Waals surface area (Å²) in [5.74, 6) is 4.53. The van der Waals surface area contributed by atoms with Crippen molar-refractivity contribution in [3.63, 3.8) is 0 Å². The Balaban J connectivity index is 0.00000320. The summed E-state index contributed by atoms with van der Waals surface area (Å²) in [6.07, 6.45) is 5.49. The molecule has 0 amide bonds. The third kappa shape index (κ3) is 5.88. The molecule has 0 bridgehead atoms. The highest BCUT2D eigenvalue weighted by atomic mass is 35.5. The van der Waals surface area contributed by atoms with Crippen LogP contribution in [0.3, 0.4) is 0 Å². The number of benzene rings is 2. The van der Waals surface area contributed by atoms with Crippen LogP contribution in [0.1, 0.15) is 5.56 Å². The van der Waals surface area contributed by atoms with Gasteiger partial charge in [0.1, 0.15) is 19.0 Å². The molecule has 2 aromatic carbocycles. The van der Waals surface area contributed by atoms with Crippen LogP contribution in [-0.4, -0.2) is 48.3 Å². The molecule has 0 aliphatic carbocycles. The van der Waals surface area contributed by atoms with Gasteiger partial charge in [0.15, 0.2) is 11.5 Å². The van der Waals surface area contributed by atoms with E-state index in [1.54, 1.807) is 19.2 Å². The number of methoxy groups -OCH3 is 1. The second-order valence-corrected chi connectivity index (χ2v) is 6.60. The Bertz CT molecular complexity index is 1040. The zero-order valence-corrected chi connectivity index (χ0v) is 17.8. The van der Waals surface area contributed by atoms with Gasteiger partial charge in [-0.1, -0.05) is 12.0 Å². The van der Waals surface area contributed by atoms with E-state index in [2.05, 4.69) is 21.2 Å². The van der Waals surface area contributed by atoms with Gasteiger partial charge in [-0.15, -0.1) is 18.0 Å². The number of hydrogen-bond donors (Lipinski definition) is 1. The summed E-state index contributed by atoms with van der Waals surface area (Å²) in [4.78, 5) is 8.64. The maximum atomic E-state index is 6.14. The van der Waals surface area contributed by atoms with Gasteiger partial charge in [0, 0.05) is 29.8 Å². The largest absolute Gasteiger partial charge is 0.488 e. The summed E-state index contributed by atoms with van der Waals surface area (Å²) in [6.45, 7) is 1.13. The van der Waals surface area contributed by atoms with Crippen molar-refractivity contribution in [1.29, 1.82) is 0 Å². The van der Waals surface area contributed by atoms with Crippen LogP contribution in [0.15, 0.2) is 36.4 Å². The normalized spacial score (nSPS) is 10.2. The van der Waals surface area contributed by atoms with Crippen LogP contribution in [0, 0.1) is 12.3 Å². The van der Waals surface area contributed by atoms with Crippen molar-refractivity contribution in [3.8, 4) is 23.8 Å². The molecule has 0 spiro atoms. The van der Waals surface area contributed by atoms with Crippen molar-refractivity contribution >= 4 is 45.6 Å². The minimum absolute atomic E-state index is 0. The molecule has 9 heteroatoms. The molecule has 1 heterocycles. The fraction of sp³-hybridized carbons (Fsp3) is 0.238. The first-order valence-corrected chi connectivity index (χ1v) is 9.71. The first-order chi connectivity index (χ1) is 14.1. The van der Waals surface area contributed by atoms with Crippen molar-refractivity contribution in [3.05, 3.63) is 47.2 Å². The monoisotopic (exact) mass is 449 g/mol. The number of nitrogens with zero attached hydrogens (tertiary/aromatic N) is 2. The maximum Gasteiger partial charge on any atom is 0.224 e. The summed E-state index contributed by atoms with van der Waals surface area (Å²) in [5, 5.41) is 4.06. The van der Waals surface area contributed by atoms with Crippen LogP contribution in [0.2, 0.25) is 5.28 Å². The van der Waals surface area contributed by atoms with Gasteiger partial charge in [0.25, 0.3) is 0 Å². The smallest absolute Gasteiger partial charge is 0.224 e. The zero-order valence-electron chi connectivity index (χ0n) is 16.2. The molecule has 3 N–H and O–H groups in total. The second-order valence-electron chi connectivity index (χ2n) is 5.89. The third-order valence-electron chi connectivity index (χ3n) is 3.91. The summed E-state index contributed by atoms with van der Waals surface area (Å²) >= 11 is 11.9. The predicted molar refractivity (Wildman–Crippen MR) is 119 cm³/mol. The van der Waals surface area contributed by atoms with E-state index in [-0.39, 0.29) is 10.8 Å². The highest BCUT2D eigenvalue weighted by Crippen LogP contribution is 2.36. The first-order valence-electron chi connectivity index (χ1n) is 8.80. The van der Waals surface area contributed by atoms with Gasteiger partial charge >= 0.3 is 0 Å². The molecular formula is C21H21Cl2N3O4. The molecule has 0 unspecified atom stereocenters. The molecule has 7 nitrogen and oxygen atoms in total. The maximum absolute atomic E-state index is 6.14. The molecule has 0 aliphatic heterocycles. The molecule has 0 saturated heterocycles. The highest BCUT2D eigenvalue weighted by Gasteiger charge is 2.14. The summed E-state index contributed by atoms with van der Waals surface area (Å²) in [6, 6.07) is 11.0. The number of rotatable bonds is 9. The van der Waals surface area contributed by atoms with Crippen molar-refractivity contribution in [2.24, 2.45) is 0 Å². The van der Waals surface area contributed by atoms with Crippen LogP contribution in [0.4, 0.5) is 11.5 Å². The van der Waals surface area contributed by atoms with E-state index in [9.17, 15) is 0 Å². The lowest BCUT2D eigenvalue weighted by atomic mass is 10.2. The first kappa shape index (κ1) is 23.5. The number of hydrogen-bond acceptors (Lipinski definition) is 6. The Morgan fingerprint density at radius 1 is 1.07 bits per heavy atom. The Kier molecular flexibility index (Phi) is 8.96. The molecule has 158 valence electrons. The lowest BCUT2D eigenvalue weighted by molar-refractivity contribution is 0.143. The van der Waals surface area contributed by atoms with Gasteiger partial charge in [0.2, 0.25) is 5.28 Å². The number of aromatic nitrogens is 2. The van der Waals surface area contributed by atoms with Gasteiger partial charge in [-0.25, -0.2) is 4.98 Å². The fourth-order valence-corrected chi connectivity index (χ4v) is 2.89. The van der Waals surface area contributed by atoms with E-state index in [0.29, 0.717) is 53.9 Å². The quantitative estimate of drug-likeness (QED) is 0.230. The average molecular weight is 450 g/mol. The third-order valence-corrected chi connectivity index (χ3v) is 4.23. The molecule has 1 aromatic heterocycles. The standard InChI is InChI=1S/C21H19Cl2N3O3.H2O/c1-3-14-5-4-6-15(11-14)24-20-16-12-18(29-10-9-27-2)19(28-8-7-22)13-17(16)25-21(23)26-20;/h1,4-6,11-13H,7-10H2,2H3,(H,24,25,26);1H2. The minimum Gasteiger partial charge on any atom is -0.488 e. The molecule has 0 saturated carbocycles. The predicted octanol–water partition coefficient (Wildman–Crippen LogP) is 3.83. The van der Waals surface area contributed by atoms with E-state index < -0.39 is 0 Å². The van der Waals surface area contributed by atoms with Gasteiger partial charge in [-0.05, 0) is 35.9 Å². The molecular weight excluding hydrogens is 429 g/mol. The van der Waals surface area contributed by atoms with Crippen molar-refractivity contribution in [2.75, 3.05) is 38.1 Å². The van der Waals surface area contributed by atoms with Crippen LogP contribution in [0.25, 0.3) is 10.9 Å². The summed E-state index contributed by atoms with van der Waals surface area (Å²) in [7, 11) is 1.61. The number of terminal acetylenes is 1. The lowest BCUT2D eigenvalue weighted by Gasteiger charge is -2.15. The van der Waals surface area contributed by atoms with Crippen molar-refractivity contribution < 1.29 is 19.7 Å². The Morgan fingerprint density at radius 2 is 1.83 bits per heavy atom. The van der Waals surface area contributed by atoms with Crippen molar-refractivity contribution in [1.82, 2.24) is 9.97 Å². The van der Waals surface area contributed by atoms with Gasteiger partial charge in [0.05, 0.1) is 18.0 Å². The Labute approximate surface area is 184 Å². The minimum atomic E-state index is 0. The number of fused-ring (bicyclic) bond motifs is 1. The van der Waals surface area contributed by atoms with Gasteiger partial charge < -0.3 is 25.0 Å². The van der Waals surface area contributed by atoms with E-state index in [0.717, 1.165) is 11.3 Å². The van der Waals surface area contributed by atoms with E-state index in [1.807, 2.05) is 24.3 Å². The van der Waals surface area contributed by atoms with Crippen LogP contribution in [-0.2, 0) is 4.74 Å². The zero-order chi connectivity index (χ0) is 20.6. The van der Waals surface area contributed by atoms with Crippen LogP contribution < -0.4 is 14.8 Å². The summed E-state index contributed by atoms with van der Waals surface area (Å²) in [5.41, 5.74) is 2.13. The summed E-state index contributed by atoms with van der Waals surface area (Å²) < 4.78 is 16.6. The topological polar surface area (TPSA) is 97.0 Å². The molecule has 0 radical (unpaired) electrons. The Hall–Kier alpha value is -2.76. The van der Waals surface area contributed by atoms with Crippen LogP contribution in [0.5, 0.6) is 11.5 Å². The molecule has 0 fully saturated rings. The van der Waals surface area contributed by atoms with E-state index in [1.165, 1.54) is 0 Å². The average Bonchev–Trinajstić information content (AvgIpc) is 2.72. The number of ether oxygens (including phenoxy) is 3. The Morgan fingerprint density at radius 3 is 2.57 bits per heavy atom. The fourth-order valence-electron chi connectivity index (χ4n) is 2.64. The molecule has 0 aliphatic rings. The van der Waals surface area contributed by atoms with Gasteiger partial charge in [-0.2, -0.15) is 4.98 Å². The molecule has 0 atom stereocenters. The van der Waals surface area contributed by atoms with Gasteiger partial charge in [-0.3, -0.25) is 0 Å². The highest BCUT2D eigenvalue weighted by molar-refractivity contribution is 6.28.